The molecule has 0 aliphatic carbocycles. The van der Waals surface area contributed by atoms with E-state index in [2.05, 4.69) is 69.2 Å². The summed E-state index contributed by atoms with van der Waals surface area (Å²) in [7, 11) is 0. The molecule has 0 spiro atoms. The van der Waals surface area contributed by atoms with E-state index < -0.39 is 0 Å². The second kappa shape index (κ2) is 8.27. The van der Waals surface area contributed by atoms with Crippen molar-refractivity contribution in [2.45, 2.75) is 52.0 Å². The molecule has 1 unspecified atom stereocenters. The Morgan fingerprint density at radius 2 is 1.89 bits per heavy atom. The summed E-state index contributed by atoms with van der Waals surface area (Å²) >= 11 is 0. The Labute approximate surface area is 168 Å². The van der Waals surface area contributed by atoms with Crippen LogP contribution in [0.4, 0.5) is 5.69 Å². The van der Waals surface area contributed by atoms with Crippen LogP contribution in [0, 0.1) is 0 Å². The lowest BCUT2D eigenvalue weighted by atomic mass is 9.92. The van der Waals surface area contributed by atoms with Gasteiger partial charge in [-0.25, -0.2) is 0 Å². The molecule has 0 saturated carbocycles. The third-order valence-electron chi connectivity index (χ3n) is 5.30. The normalized spacial score (nSPS) is 14.8. The van der Waals surface area contributed by atoms with Crippen LogP contribution in [0.3, 0.4) is 0 Å². The Kier molecular flexibility index (Phi) is 5.99. The first-order valence-corrected chi connectivity index (χ1v) is 10.0. The number of nitrogens with one attached hydrogen (secondary N) is 2. The average molecular weight is 381 g/mol. The van der Waals surface area contributed by atoms with Gasteiger partial charge < -0.3 is 20.5 Å². The standard InChI is InChI=1S/C24H32N2O2/c1-6-18-7-9-19(10-8-18)13-24(4,5)25-14-16(2)21-11-20(27)12-22-23(21)28-15-17(3)26-22/h7-12,16,25-27H,3,6,13-15H2,1-2,4-5H3. The summed E-state index contributed by atoms with van der Waals surface area (Å²) in [5, 5.41) is 17.0. The molecule has 0 radical (unpaired) electrons. The van der Waals surface area contributed by atoms with E-state index >= 15 is 0 Å². The Balaban J connectivity index is 1.67. The zero-order chi connectivity index (χ0) is 20.3. The second-order valence-corrected chi connectivity index (χ2v) is 8.44. The maximum Gasteiger partial charge on any atom is 0.147 e. The van der Waals surface area contributed by atoms with Crippen molar-refractivity contribution in [2.24, 2.45) is 0 Å². The number of hydrogen-bond acceptors (Lipinski definition) is 4. The number of phenolic OH excluding ortho intramolecular Hbond substituents is 1. The van der Waals surface area contributed by atoms with E-state index in [9.17, 15) is 5.11 Å². The first-order chi connectivity index (χ1) is 13.3. The third kappa shape index (κ3) is 4.87. The molecule has 1 aliphatic rings. The fraction of sp³-hybridized carbons (Fsp3) is 0.417. The summed E-state index contributed by atoms with van der Waals surface area (Å²) in [4.78, 5) is 0. The molecule has 0 amide bonds. The molecule has 4 heteroatoms. The highest BCUT2D eigenvalue weighted by Crippen LogP contribution is 2.40. The van der Waals surface area contributed by atoms with Crippen LogP contribution in [0.1, 0.15) is 50.3 Å². The predicted molar refractivity (Wildman–Crippen MR) is 116 cm³/mol. The topological polar surface area (TPSA) is 53.5 Å². The molecule has 28 heavy (non-hydrogen) atoms. The van der Waals surface area contributed by atoms with Gasteiger partial charge in [0, 0.05) is 29.4 Å². The zero-order valence-electron chi connectivity index (χ0n) is 17.4. The lowest BCUT2D eigenvalue weighted by Crippen LogP contribution is -2.43. The summed E-state index contributed by atoms with van der Waals surface area (Å²) in [6.07, 6.45) is 2.03. The first-order valence-electron chi connectivity index (χ1n) is 10.0. The maximum absolute atomic E-state index is 10.1. The fourth-order valence-electron chi connectivity index (χ4n) is 3.65. The largest absolute Gasteiger partial charge is 0.508 e. The van der Waals surface area contributed by atoms with Gasteiger partial charge in [-0.2, -0.15) is 0 Å². The van der Waals surface area contributed by atoms with E-state index in [-0.39, 0.29) is 17.2 Å². The summed E-state index contributed by atoms with van der Waals surface area (Å²) in [6, 6.07) is 12.4. The minimum atomic E-state index is -0.0354. The third-order valence-corrected chi connectivity index (χ3v) is 5.30. The van der Waals surface area contributed by atoms with Crippen molar-refractivity contribution < 1.29 is 9.84 Å². The maximum atomic E-state index is 10.1. The second-order valence-electron chi connectivity index (χ2n) is 8.44. The Bertz CT molecular complexity index is 840. The fourth-order valence-corrected chi connectivity index (χ4v) is 3.65. The number of phenols is 1. The molecule has 1 atom stereocenters. The number of rotatable bonds is 7. The molecule has 2 aromatic carbocycles. The van der Waals surface area contributed by atoms with Gasteiger partial charge >= 0.3 is 0 Å². The van der Waals surface area contributed by atoms with Crippen LogP contribution in [-0.4, -0.2) is 23.8 Å². The predicted octanol–water partition coefficient (Wildman–Crippen LogP) is 4.99. The van der Waals surface area contributed by atoms with Gasteiger partial charge in [0.1, 0.15) is 18.1 Å². The van der Waals surface area contributed by atoms with Crippen molar-refractivity contribution in [2.75, 3.05) is 18.5 Å². The Morgan fingerprint density at radius 1 is 1.21 bits per heavy atom. The molecule has 0 fully saturated rings. The average Bonchev–Trinajstić information content (AvgIpc) is 2.65. The van der Waals surface area contributed by atoms with Gasteiger partial charge in [-0.05, 0) is 49.8 Å². The lowest BCUT2D eigenvalue weighted by Gasteiger charge is -2.30. The lowest BCUT2D eigenvalue weighted by molar-refractivity contribution is 0.334. The number of fused-ring (bicyclic) bond motifs is 1. The van der Waals surface area contributed by atoms with Crippen molar-refractivity contribution in [1.29, 1.82) is 0 Å². The van der Waals surface area contributed by atoms with Gasteiger partial charge in [0.2, 0.25) is 0 Å². The summed E-state index contributed by atoms with van der Waals surface area (Å²) in [5.74, 6) is 1.24. The summed E-state index contributed by atoms with van der Waals surface area (Å²) in [6.45, 7) is 13.9. The van der Waals surface area contributed by atoms with Crippen molar-refractivity contribution in [3.05, 3.63) is 65.4 Å². The smallest absolute Gasteiger partial charge is 0.147 e. The highest BCUT2D eigenvalue weighted by molar-refractivity contribution is 5.67. The number of ether oxygens (including phenoxy) is 1. The SMILES string of the molecule is C=C1COc2c(cc(O)cc2C(C)CNC(C)(C)Cc2ccc(CC)cc2)N1. The number of anilines is 1. The van der Waals surface area contributed by atoms with Crippen LogP contribution in [0.2, 0.25) is 0 Å². The number of hydrogen-bond donors (Lipinski definition) is 3. The van der Waals surface area contributed by atoms with Gasteiger partial charge in [-0.1, -0.05) is 44.7 Å². The number of aromatic hydroxyl groups is 1. The molecule has 1 heterocycles. The molecule has 0 aromatic heterocycles. The van der Waals surface area contributed by atoms with Gasteiger partial charge in [0.05, 0.1) is 5.69 Å². The number of benzene rings is 2. The van der Waals surface area contributed by atoms with Crippen LogP contribution < -0.4 is 15.4 Å². The molecule has 2 aromatic rings. The quantitative estimate of drug-likeness (QED) is 0.634. The van der Waals surface area contributed by atoms with E-state index in [0.29, 0.717) is 6.61 Å². The van der Waals surface area contributed by atoms with Crippen LogP contribution in [0.5, 0.6) is 11.5 Å². The van der Waals surface area contributed by atoms with Crippen LogP contribution in [0.15, 0.2) is 48.7 Å². The highest BCUT2D eigenvalue weighted by Gasteiger charge is 2.24. The van der Waals surface area contributed by atoms with E-state index in [1.807, 2.05) is 0 Å². The summed E-state index contributed by atoms with van der Waals surface area (Å²) in [5.41, 5.74) is 5.26. The van der Waals surface area contributed by atoms with Crippen molar-refractivity contribution >= 4 is 5.69 Å². The van der Waals surface area contributed by atoms with Crippen molar-refractivity contribution in [3.8, 4) is 11.5 Å². The van der Waals surface area contributed by atoms with Gasteiger partial charge in [-0.15, -0.1) is 0 Å². The van der Waals surface area contributed by atoms with Crippen molar-refractivity contribution in [1.82, 2.24) is 5.32 Å². The minimum absolute atomic E-state index is 0.0354. The van der Waals surface area contributed by atoms with Crippen LogP contribution in [0.25, 0.3) is 0 Å². The molecular weight excluding hydrogens is 348 g/mol. The molecule has 0 saturated heterocycles. The molecule has 3 N–H and O–H groups in total. The van der Waals surface area contributed by atoms with Crippen LogP contribution >= 0.6 is 0 Å². The monoisotopic (exact) mass is 380 g/mol. The van der Waals surface area contributed by atoms with E-state index in [4.69, 9.17) is 4.74 Å². The highest BCUT2D eigenvalue weighted by atomic mass is 16.5. The molecular formula is C24H32N2O2. The van der Waals surface area contributed by atoms with E-state index in [0.717, 1.165) is 42.1 Å². The molecule has 3 rings (SSSR count). The molecule has 1 aliphatic heterocycles. The summed E-state index contributed by atoms with van der Waals surface area (Å²) < 4.78 is 5.89. The minimum Gasteiger partial charge on any atom is -0.508 e. The molecule has 4 nitrogen and oxygen atoms in total. The van der Waals surface area contributed by atoms with Gasteiger partial charge in [-0.3, -0.25) is 0 Å². The van der Waals surface area contributed by atoms with Gasteiger partial charge in [0.25, 0.3) is 0 Å². The Hall–Kier alpha value is -2.46. The van der Waals surface area contributed by atoms with Crippen molar-refractivity contribution in [3.63, 3.8) is 0 Å². The number of aryl methyl sites for hydroxylation is 1. The molecule has 0 bridgehead atoms. The Morgan fingerprint density at radius 3 is 2.57 bits per heavy atom. The van der Waals surface area contributed by atoms with Gasteiger partial charge in [0.15, 0.2) is 0 Å². The first kappa shape index (κ1) is 20.3. The molecule has 150 valence electrons. The van der Waals surface area contributed by atoms with E-state index in [1.54, 1.807) is 12.1 Å². The van der Waals surface area contributed by atoms with Crippen LogP contribution in [-0.2, 0) is 12.8 Å². The van der Waals surface area contributed by atoms with E-state index in [1.165, 1.54) is 11.1 Å². The zero-order valence-corrected chi connectivity index (χ0v) is 17.4.